The third-order valence-electron chi connectivity index (χ3n) is 4.87. The smallest absolute Gasteiger partial charge is 0.280 e. The number of alkyl halides is 2. The van der Waals surface area contributed by atoms with E-state index in [0.29, 0.717) is 24.3 Å². The first-order valence-corrected chi connectivity index (χ1v) is 9.48. The van der Waals surface area contributed by atoms with Crippen molar-refractivity contribution in [3.05, 3.63) is 71.8 Å². The zero-order valence-corrected chi connectivity index (χ0v) is 16.5. The van der Waals surface area contributed by atoms with Gasteiger partial charge in [-0.25, -0.2) is 18.3 Å². The van der Waals surface area contributed by atoms with Crippen LogP contribution in [0.4, 0.5) is 8.78 Å². The van der Waals surface area contributed by atoms with Gasteiger partial charge in [-0.1, -0.05) is 30.3 Å². The fourth-order valence-electron chi connectivity index (χ4n) is 3.35. The molecule has 4 rings (SSSR count). The predicted octanol–water partition coefficient (Wildman–Crippen LogP) is 3.82. The average Bonchev–Trinajstić information content (AvgIpc) is 3.39. The lowest BCUT2D eigenvalue weighted by atomic mass is 10.1. The first-order valence-electron chi connectivity index (χ1n) is 9.48. The van der Waals surface area contributed by atoms with Crippen molar-refractivity contribution >= 4 is 11.6 Å². The summed E-state index contributed by atoms with van der Waals surface area (Å²) in [5.41, 5.74) is 1.87. The maximum absolute atomic E-state index is 13.7. The van der Waals surface area contributed by atoms with E-state index in [2.05, 4.69) is 15.2 Å². The molecule has 154 valence electrons. The molecule has 9 heteroatoms. The summed E-state index contributed by atoms with van der Waals surface area (Å²) in [5.74, 6) is -0.355. The Labute approximate surface area is 171 Å². The molecule has 3 aromatic heterocycles. The molecule has 0 unspecified atom stereocenters. The molecule has 0 aliphatic rings. The molecule has 30 heavy (non-hydrogen) atoms. The largest absolute Gasteiger partial charge is 0.336 e. The maximum atomic E-state index is 13.7. The van der Waals surface area contributed by atoms with Crippen LogP contribution in [0.1, 0.15) is 35.1 Å². The van der Waals surface area contributed by atoms with Crippen LogP contribution in [0.25, 0.3) is 16.9 Å². The van der Waals surface area contributed by atoms with Crippen LogP contribution in [0.15, 0.2) is 54.9 Å². The highest BCUT2D eigenvalue weighted by Crippen LogP contribution is 2.27. The van der Waals surface area contributed by atoms with Crippen LogP contribution in [0.2, 0.25) is 0 Å². The van der Waals surface area contributed by atoms with Gasteiger partial charge in [-0.3, -0.25) is 9.48 Å². The maximum Gasteiger partial charge on any atom is 0.280 e. The van der Waals surface area contributed by atoms with Gasteiger partial charge in [-0.2, -0.15) is 10.2 Å². The Balaban J connectivity index is 1.75. The Morgan fingerprint density at radius 3 is 2.63 bits per heavy atom. The lowest BCUT2D eigenvalue weighted by Crippen LogP contribution is -2.27. The van der Waals surface area contributed by atoms with Crippen molar-refractivity contribution in [2.24, 2.45) is 0 Å². The van der Waals surface area contributed by atoms with Crippen molar-refractivity contribution in [3.63, 3.8) is 0 Å². The molecular weight excluding hydrogens is 390 g/mol. The van der Waals surface area contributed by atoms with Crippen LogP contribution in [-0.4, -0.2) is 42.2 Å². The van der Waals surface area contributed by atoms with Crippen molar-refractivity contribution in [2.75, 3.05) is 7.05 Å². The van der Waals surface area contributed by atoms with E-state index in [1.807, 2.05) is 19.1 Å². The zero-order valence-electron chi connectivity index (χ0n) is 16.5. The van der Waals surface area contributed by atoms with Gasteiger partial charge in [0.1, 0.15) is 11.3 Å². The SMILES string of the molecule is CCn1nccc1CN(C)C(=O)c1cnn2c(C(F)F)cc(-c3ccccc3)nc12. The van der Waals surface area contributed by atoms with Gasteiger partial charge in [0.2, 0.25) is 0 Å². The van der Waals surface area contributed by atoms with E-state index >= 15 is 0 Å². The number of benzene rings is 1. The van der Waals surface area contributed by atoms with Gasteiger partial charge in [-0.05, 0) is 19.1 Å². The van der Waals surface area contributed by atoms with Gasteiger partial charge < -0.3 is 4.90 Å². The molecule has 0 spiro atoms. The zero-order chi connectivity index (χ0) is 21.3. The predicted molar refractivity (Wildman–Crippen MR) is 107 cm³/mol. The van der Waals surface area contributed by atoms with Crippen LogP contribution in [0.5, 0.6) is 0 Å². The fourth-order valence-corrected chi connectivity index (χ4v) is 3.35. The number of hydrogen-bond acceptors (Lipinski definition) is 4. The highest BCUT2D eigenvalue weighted by atomic mass is 19.3. The van der Waals surface area contributed by atoms with Gasteiger partial charge in [0.15, 0.2) is 5.65 Å². The molecule has 1 aromatic carbocycles. The summed E-state index contributed by atoms with van der Waals surface area (Å²) in [6, 6.07) is 12.1. The normalized spacial score (nSPS) is 11.4. The monoisotopic (exact) mass is 410 g/mol. The van der Waals surface area contributed by atoms with Crippen molar-refractivity contribution in [1.82, 2.24) is 29.3 Å². The number of carbonyl (C=O) groups excluding carboxylic acids is 1. The molecule has 0 saturated heterocycles. The van der Waals surface area contributed by atoms with Crippen LogP contribution in [-0.2, 0) is 13.1 Å². The van der Waals surface area contributed by atoms with Crippen LogP contribution in [0.3, 0.4) is 0 Å². The summed E-state index contributed by atoms with van der Waals surface area (Å²) >= 11 is 0. The van der Waals surface area contributed by atoms with Crippen LogP contribution >= 0.6 is 0 Å². The van der Waals surface area contributed by atoms with Crippen molar-refractivity contribution in [3.8, 4) is 11.3 Å². The number of fused-ring (bicyclic) bond motifs is 1. The third kappa shape index (κ3) is 3.54. The summed E-state index contributed by atoms with van der Waals surface area (Å²) in [5, 5.41) is 8.22. The lowest BCUT2D eigenvalue weighted by Gasteiger charge is -2.17. The van der Waals surface area contributed by atoms with E-state index in [-0.39, 0.29) is 22.8 Å². The minimum Gasteiger partial charge on any atom is -0.336 e. The summed E-state index contributed by atoms with van der Waals surface area (Å²) in [6.07, 6.45) is 0.200. The van der Waals surface area contributed by atoms with E-state index in [0.717, 1.165) is 10.2 Å². The first kappa shape index (κ1) is 19.7. The minimum absolute atomic E-state index is 0.104. The molecule has 7 nitrogen and oxygen atoms in total. The van der Waals surface area contributed by atoms with Gasteiger partial charge >= 0.3 is 0 Å². The molecule has 0 aliphatic carbocycles. The Morgan fingerprint density at radius 2 is 1.93 bits per heavy atom. The molecule has 4 aromatic rings. The number of aromatic nitrogens is 5. The van der Waals surface area contributed by atoms with E-state index in [9.17, 15) is 13.6 Å². The van der Waals surface area contributed by atoms with E-state index in [1.165, 1.54) is 17.2 Å². The molecule has 1 amide bonds. The van der Waals surface area contributed by atoms with Crippen molar-refractivity contribution in [2.45, 2.75) is 26.4 Å². The molecule has 3 heterocycles. The number of aryl methyl sites for hydroxylation is 1. The van der Waals surface area contributed by atoms with E-state index in [1.54, 1.807) is 42.2 Å². The van der Waals surface area contributed by atoms with Crippen molar-refractivity contribution < 1.29 is 13.6 Å². The second-order valence-electron chi connectivity index (χ2n) is 6.83. The van der Waals surface area contributed by atoms with Gasteiger partial charge in [0.05, 0.1) is 24.1 Å². The number of halogens is 2. The van der Waals surface area contributed by atoms with E-state index in [4.69, 9.17) is 0 Å². The molecule has 0 fully saturated rings. The Morgan fingerprint density at radius 1 is 1.17 bits per heavy atom. The lowest BCUT2D eigenvalue weighted by molar-refractivity contribution is 0.0783. The molecule has 0 atom stereocenters. The Hall–Kier alpha value is -3.62. The molecular formula is C21H20F2N6O. The first-order chi connectivity index (χ1) is 14.5. The summed E-state index contributed by atoms with van der Waals surface area (Å²) in [6.45, 7) is 2.97. The average molecular weight is 410 g/mol. The summed E-state index contributed by atoms with van der Waals surface area (Å²) in [7, 11) is 1.65. The highest BCUT2D eigenvalue weighted by molar-refractivity contribution is 5.99. The number of nitrogens with zero attached hydrogens (tertiary/aromatic N) is 6. The second-order valence-corrected chi connectivity index (χ2v) is 6.83. The standard InChI is InChI=1S/C21H20F2N6O/c1-3-28-15(9-10-24-28)13-27(2)21(30)16-12-25-29-18(19(22)23)11-17(26-20(16)29)14-7-5-4-6-8-14/h4-12,19H,3,13H2,1-2H3. The number of carbonyl (C=O) groups is 1. The third-order valence-corrected chi connectivity index (χ3v) is 4.87. The Bertz CT molecular complexity index is 1180. The van der Waals surface area contributed by atoms with Gasteiger partial charge in [0, 0.05) is 25.4 Å². The molecule has 0 aliphatic heterocycles. The summed E-state index contributed by atoms with van der Waals surface area (Å²) in [4.78, 5) is 19.1. The quantitative estimate of drug-likeness (QED) is 0.485. The van der Waals surface area contributed by atoms with Crippen molar-refractivity contribution in [1.29, 1.82) is 0 Å². The second kappa shape index (κ2) is 8.02. The molecule has 0 saturated carbocycles. The van der Waals surface area contributed by atoms with Gasteiger partial charge in [-0.15, -0.1) is 0 Å². The van der Waals surface area contributed by atoms with E-state index < -0.39 is 6.43 Å². The van der Waals surface area contributed by atoms with Crippen LogP contribution in [0, 0.1) is 0 Å². The minimum atomic E-state index is -2.77. The molecule has 0 radical (unpaired) electrons. The summed E-state index contributed by atoms with van der Waals surface area (Å²) < 4.78 is 30.2. The van der Waals surface area contributed by atoms with Crippen LogP contribution < -0.4 is 0 Å². The topological polar surface area (TPSA) is 68.3 Å². The molecule has 0 N–H and O–H groups in total. The highest BCUT2D eigenvalue weighted by Gasteiger charge is 2.23. The number of hydrogen-bond donors (Lipinski definition) is 0. The fraction of sp³-hybridized carbons (Fsp3) is 0.238. The number of amides is 1. The van der Waals surface area contributed by atoms with Gasteiger partial charge in [0.25, 0.3) is 12.3 Å². The Kier molecular flexibility index (Phi) is 5.26. The number of rotatable bonds is 6. The molecule has 0 bridgehead atoms.